The second kappa shape index (κ2) is 5.31. The maximum absolute atomic E-state index is 12.4. The van der Waals surface area contributed by atoms with Crippen molar-refractivity contribution in [2.45, 2.75) is 6.92 Å². The molecule has 0 radical (unpaired) electrons. The molecular weight excluding hydrogens is 292 g/mol. The largest absolute Gasteiger partial charge is 0.462 e. The molecule has 2 aliphatic heterocycles. The number of ether oxygens (including phenoxy) is 1. The van der Waals surface area contributed by atoms with E-state index in [9.17, 15) is 4.79 Å². The van der Waals surface area contributed by atoms with Gasteiger partial charge in [0.2, 0.25) is 0 Å². The van der Waals surface area contributed by atoms with Gasteiger partial charge < -0.3 is 9.64 Å². The SMILES string of the molecule is CCOC(=O)c1cccc2c1N1CN=CC1=Cc1cncnc1-2. The maximum Gasteiger partial charge on any atom is 0.340 e. The number of carbonyl (C=O) groups excluding carboxylic acids is 1. The molecular formula is C17H14N4O2. The van der Waals surface area contributed by atoms with E-state index in [2.05, 4.69) is 15.0 Å². The van der Waals surface area contributed by atoms with Crippen molar-refractivity contribution >= 4 is 23.9 Å². The number of fused-ring (bicyclic) bond motifs is 5. The molecule has 0 saturated carbocycles. The Balaban J connectivity index is 2.01. The number of hydrogen-bond acceptors (Lipinski definition) is 6. The van der Waals surface area contributed by atoms with Gasteiger partial charge in [0.15, 0.2) is 0 Å². The van der Waals surface area contributed by atoms with E-state index < -0.39 is 0 Å². The van der Waals surface area contributed by atoms with Crippen molar-refractivity contribution in [1.29, 1.82) is 0 Å². The Bertz CT molecular complexity index is 857. The lowest BCUT2D eigenvalue weighted by atomic mass is 10.0. The first-order valence-electron chi connectivity index (χ1n) is 7.39. The van der Waals surface area contributed by atoms with Gasteiger partial charge in [0, 0.05) is 23.5 Å². The monoisotopic (exact) mass is 306 g/mol. The van der Waals surface area contributed by atoms with Crippen molar-refractivity contribution in [2.24, 2.45) is 4.99 Å². The van der Waals surface area contributed by atoms with E-state index in [1.54, 1.807) is 25.4 Å². The van der Waals surface area contributed by atoms with Crippen LogP contribution in [0.2, 0.25) is 0 Å². The molecule has 1 aromatic carbocycles. The molecule has 0 amide bonds. The Hall–Kier alpha value is -3.02. The van der Waals surface area contributed by atoms with Gasteiger partial charge in [-0.1, -0.05) is 12.1 Å². The first kappa shape index (κ1) is 13.6. The van der Waals surface area contributed by atoms with Crippen LogP contribution in [0.4, 0.5) is 5.69 Å². The Morgan fingerprint density at radius 2 is 2.30 bits per heavy atom. The van der Waals surface area contributed by atoms with Gasteiger partial charge in [-0.3, -0.25) is 4.99 Å². The van der Waals surface area contributed by atoms with Crippen molar-refractivity contribution in [2.75, 3.05) is 18.2 Å². The third kappa shape index (κ3) is 2.11. The van der Waals surface area contributed by atoms with Gasteiger partial charge in [0.25, 0.3) is 0 Å². The van der Waals surface area contributed by atoms with E-state index in [0.717, 1.165) is 28.2 Å². The van der Waals surface area contributed by atoms with E-state index in [1.165, 1.54) is 6.33 Å². The number of esters is 1. The zero-order valence-electron chi connectivity index (χ0n) is 12.6. The number of aliphatic imine (C=N–C) groups is 1. The minimum absolute atomic E-state index is 0.334. The highest BCUT2D eigenvalue weighted by atomic mass is 16.5. The predicted octanol–water partition coefficient (Wildman–Crippen LogP) is 2.52. The van der Waals surface area contributed by atoms with Gasteiger partial charge in [-0.15, -0.1) is 0 Å². The summed E-state index contributed by atoms with van der Waals surface area (Å²) >= 11 is 0. The van der Waals surface area contributed by atoms with Crippen LogP contribution in [-0.2, 0) is 4.74 Å². The number of benzene rings is 1. The predicted molar refractivity (Wildman–Crippen MR) is 87.2 cm³/mol. The average molecular weight is 306 g/mol. The highest BCUT2D eigenvalue weighted by Gasteiger charge is 2.29. The molecule has 0 aliphatic carbocycles. The molecule has 6 nitrogen and oxygen atoms in total. The molecule has 2 aliphatic rings. The fourth-order valence-corrected chi connectivity index (χ4v) is 2.91. The molecule has 0 spiro atoms. The van der Waals surface area contributed by atoms with Crippen molar-refractivity contribution in [3.05, 3.63) is 47.5 Å². The second-order valence-electron chi connectivity index (χ2n) is 5.20. The average Bonchev–Trinajstić information content (AvgIpc) is 2.98. The first-order chi connectivity index (χ1) is 11.3. The van der Waals surface area contributed by atoms with Crippen LogP contribution in [0.5, 0.6) is 0 Å². The zero-order valence-corrected chi connectivity index (χ0v) is 12.6. The number of aromatic nitrogens is 2. The highest BCUT2D eigenvalue weighted by Crippen LogP contribution is 2.40. The minimum Gasteiger partial charge on any atom is -0.462 e. The number of rotatable bonds is 2. The third-order valence-electron chi connectivity index (χ3n) is 3.86. The number of carbonyl (C=O) groups is 1. The molecule has 6 heteroatoms. The van der Waals surface area contributed by atoms with Crippen LogP contribution < -0.4 is 4.90 Å². The lowest BCUT2D eigenvalue weighted by Crippen LogP contribution is -2.21. The van der Waals surface area contributed by atoms with Crippen LogP contribution in [0.3, 0.4) is 0 Å². The summed E-state index contributed by atoms with van der Waals surface area (Å²) in [6.45, 7) is 2.60. The molecule has 114 valence electrons. The van der Waals surface area contributed by atoms with Crippen molar-refractivity contribution in [1.82, 2.24) is 9.97 Å². The Kier molecular flexibility index (Phi) is 3.15. The number of allylic oxidation sites excluding steroid dienone is 1. The zero-order chi connectivity index (χ0) is 15.8. The van der Waals surface area contributed by atoms with Crippen molar-refractivity contribution in [3.8, 4) is 11.3 Å². The summed E-state index contributed by atoms with van der Waals surface area (Å²) in [6, 6.07) is 5.58. The van der Waals surface area contributed by atoms with E-state index in [-0.39, 0.29) is 5.97 Å². The van der Waals surface area contributed by atoms with Gasteiger partial charge in [0.05, 0.1) is 29.2 Å². The molecule has 2 aromatic rings. The van der Waals surface area contributed by atoms with Crippen LogP contribution in [0.1, 0.15) is 22.8 Å². The van der Waals surface area contributed by atoms with E-state index >= 15 is 0 Å². The first-order valence-corrected chi connectivity index (χ1v) is 7.39. The molecule has 0 unspecified atom stereocenters. The Morgan fingerprint density at radius 1 is 1.39 bits per heavy atom. The van der Waals surface area contributed by atoms with E-state index in [1.807, 2.05) is 23.1 Å². The molecule has 4 rings (SSSR count). The molecule has 23 heavy (non-hydrogen) atoms. The van der Waals surface area contributed by atoms with Gasteiger partial charge in [-0.05, 0) is 19.1 Å². The van der Waals surface area contributed by atoms with Crippen LogP contribution in [0.15, 0.2) is 41.4 Å². The van der Waals surface area contributed by atoms with Gasteiger partial charge >= 0.3 is 5.97 Å². The molecule has 3 heterocycles. The molecule has 0 atom stereocenters. The number of hydrogen-bond donors (Lipinski definition) is 0. The van der Waals surface area contributed by atoms with Crippen molar-refractivity contribution < 1.29 is 9.53 Å². The smallest absolute Gasteiger partial charge is 0.340 e. The van der Waals surface area contributed by atoms with E-state index in [0.29, 0.717) is 18.8 Å². The maximum atomic E-state index is 12.4. The lowest BCUT2D eigenvalue weighted by molar-refractivity contribution is 0.0527. The molecule has 0 N–H and O–H groups in total. The molecule has 0 fully saturated rings. The standard InChI is InChI=1S/C17H14N4O2/c1-2-23-17(22)14-5-3-4-13-15-11(7-18-9-20-15)6-12-8-19-10-21(12)16(13)14/h3-9H,2,10H2,1H3. The molecule has 1 aromatic heterocycles. The highest BCUT2D eigenvalue weighted by molar-refractivity contribution is 6.06. The summed E-state index contributed by atoms with van der Waals surface area (Å²) < 4.78 is 5.21. The topological polar surface area (TPSA) is 67.7 Å². The summed E-state index contributed by atoms with van der Waals surface area (Å²) in [5.41, 5.74) is 4.80. The van der Waals surface area contributed by atoms with Gasteiger partial charge in [0.1, 0.15) is 13.0 Å². The van der Waals surface area contributed by atoms with Crippen LogP contribution in [-0.4, -0.2) is 35.4 Å². The number of anilines is 1. The fraction of sp³-hybridized carbons (Fsp3) is 0.176. The number of para-hydroxylation sites is 1. The lowest BCUT2D eigenvalue weighted by Gasteiger charge is -2.22. The summed E-state index contributed by atoms with van der Waals surface area (Å²) in [5.74, 6) is -0.340. The minimum atomic E-state index is -0.340. The summed E-state index contributed by atoms with van der Waals surface area (Å²) in [4.78, 5) is 27.2. The Labute approximate surface area is 133 Å². The Morgan fingerprint density at radius 3 is 3.17 bits per heavy atom. The number of nitrogens with zero attached hydrogens (tertiary/aromatic N) is 4. The van der Waals surface area contributed by atoms with E-state index in [4.69, 9.17) is 4.74 Å². The van der Waals surface area contributed by atoms with Gasteiger partial charge in [-0.25, -0.2) is 14.8 Å². The van der Waals surface area contributed by atoms with Crippen LogP contribution >= 0.6 is 0 Å². The van der Waals surface area contributed by atoms with Crippen LogP contribution in [0.25, 0.3) is 17.3 Å². The molecule has 0 bridgehead atoms. The van der Waals surface area contributed by atoms with Gasteiger partial charge in [-0.2, -0.15) is 0 Å². The normalized spacial score (nSPS) is 14.5. The second-order valence-corrected chi connectivity index (χ2v) is 5.20. The summed E-state index contributed by atoms with van der Waals surface area (Å²) in [7, 11) is 0. The summed E-state index contributed by atoms with van der Waals surface area (Å²) in [5, 5.41) is 0. The molecule has 0 saturated heterocycles. The summed E-state index contributed by atoms with van der Waals surface area (Å²) in [6.07, 6.45) is 7.07. The van der Waals surface area contributed by atoms with Crippen LogP contribution in [0, 0.1) is 0 Å². The van der Waals surface area contributed by atoms with Crippen molar-refractivity contribution in [3.63, 3.8) is 0 Å². The quantitative estimate of drug-likeness (QED) is 0.798. The third-order valence-corrected chi connectivity index (χ3v) is 3.86. The fourth-order valence-electron chi connectivity index (χ4n) is 2.91.